The number of fused-ring (bicyclic) bond motifs is 1. The summed E-state index contributed by atoms with van der Waals surface area (Å²) in [5, 5.41) is 3.49. The zero-order valence-corrected chi connectivity index (χ0v) is 27.4. The SMILES string of the molecule is CCCC(F)OC(=O)CCC(CNC(=O)c1c(C)c(N2CCCC(CC)C2)nc2ccc(Br)cc12)c1ccccc1C(F)(F)F. The number of anilines is 1. The molecule has 0 spiro atoms. The Hall–Kier alpha value is -3.21. The van der Waals surface area contributed by atoms with Crippen LogP contribution in [0.5, 0.6) is 0 Å². The standard InChI is InChI=1S/C34H40BrF4N3O3/c1-4-9-29(36)45-30(43)16-13-23(25-11-6-7-12-27(25)34(37,38)39)19-40-33(44)31-21(3)32(42-17-8-10-22(5-2)20-42)41-28-15-14-24(35)18-26(28)31/h6-7,11-12,14-15,18,22-23,29H,4-5,8-10,13,16-17,19-20H2,1-3H3,(H,40,44). The van der Waals surface area contributed by atoms with E-state index >= 15 is 0 Å². The lowest BCUT2D eigenvalue weighted by Crippen LogP contribution is -2.37. The van der Waals surface area contributed by atoms with Gasteiger partial charge in [-0.15, -0.1) is 0 Å². The Morgan fingerprint density at radius 2 is 1.91 bits per heavy atom. The van der Waals surface area contributed by atoms with Gasteiger partial charge in [0.1, 0.15) is 5.82 Å². The van der Waals surface area contributed by atoms with Crippen LogP contribution in [0.2, 0.25) is 0 Å². The van der Waals surface area contributed by atoms with Crippen molar-refractivity contribution in [3.63, 3.8) is 0 Å². The number of aromatic nitrogens is 1. The summed E-state index contributed by atoms with van der Waals surface area (Å²) in [7, 11) is 0. The van der Waals surface area contributed by atoms with Gasteiger partial charge in [0.2, 0.25) is 6.36 Å². The normalized spacial score (nSPS) is 16.8. The maximum Gasteiger partial charge on any atom is 0.416 e. The Balaban J connectivity index is 1.66. The van der Waals surface area contributed by atoms with Crippen LogP contribution >= 0.6 is 15.9 Å². The number of ether oxygens (including phenoxy) is 1. The molecular formula is C34H40BrF4N3O3. The number of benzene rings is 2. The van der Waals surface area contributed by atoms with Crippen molar-refractivity contribution in [3.05, 3.63) is 69.2 Å². The zero-order valence-electron chi connectivity index (χ0n) is 25.9. The maximum atomic E-state index is 14.0. The van der Waals surface area contributed by atoms with Crippen molar-refractivity contribution in [1.29, 1.82) is 0 Å². The molecule has 3 atom stereocenters. The minimum absolute atomic E-state index is 0.0377. The summed E-state index contributed by atoms with van der Waals surface area (Å²) in [5.41, 5.74) is 0.825. The molecule has 2 aromatic carbocycles. The summed E-state index contributed by atoms with van der Waals surface area (Å²) in [6, 6.07) is 10.6. The first kappa shape index (κ1) is 34.7. The number of hydrogen-bond donors (Lipinski definition) is 1. The predicted molar refractivity (Wildman–Crippen MR) is 171 cm³/mol. The predicted octanol–water partition coefficient (Wildman–Crippen LogP) is 8.88. The molecule has 1 aromatic heterocycles. The lowest BCUT2D eigenvalue weighted by Gasteiger charge is -2.34. The van der Waals surface area contributed by atoms with E-state index in [1.165, 1.54) is 18.2 Å². The van der Waals surface area contributed by atoms with Crippen molar-refractivity contribution in [2.24, 2.45) is 5.92 Å². The Kier molecular flexibility index (Phi) is 11.8. The lowest BCUT2D eigenvalue weighted by molar-refractivity contribution is -0.158. The number of carbonyl (C=O) groups excluding carboxylic acids is 2. The number of hydrogen-bond acceptors (Lipinski definition) is 5. The molecule has 1 aliphatic rings. The molecule has 1 saturated heterocycles. The summed E-state index contributed by atoms with van der Waals surface area (Å²) >= 11 is 3.49. The van der Waals surface area contributed by atoms with Crippen LogP contribution < -0.4 is 10.2 Å². The Morgan fingerprint density at radius 1 is 1.16 bits per heavy atom. The van der Waals surface area contributed by atoms with Gasteiger partial charge in [0.05, 0.1) is 16.6 Å². The number of nitrogens with zero attached hydrogens (tertiary/aromatic N) is 2. The third-order valence-electron chi connectivity index (χ3n) is 8.47. The molecule has 4 rings (SSSR count). The fraction of sp³-hybridized carbons (Fsp3) is 0.500. The van der Waals surface area contributed by atoms with Gasteiger partial charge in [-0.05, 0) is 68.4 Å². The van der Waals surface area contributed by atoms with Gasteiger partial charge < -0.3 is 15.0 Å². The van der Waals surface area contributed by atoms with Gasteiger partial charge in [0, 0.05) is 53.8 Å². The minimum atomic E-state index is -4.64. The fourth-order valence-electron chi connectivity index (χ4n) is 6.07. The summed E-state index contributed by atoms with van der Waals surface area (Å²) in [6.45, 7) is 7.23. The Morgan fingerprint density at radius 3 is 2.62 bits per heavy atom. The van der Waals surface area contributed by atoms with Crippen LogP contribution in [0.4, 0.5) is 23.4 Å². The third kappa shape index (κ3) is 8.74. The van der Waals surface area contributed by atoms with Crippen molar-refractivity contribution in [2.45, 2.75) is 84.2 Å². The number of alkyl halides is 4. The Bertz CT molecular complexity index is 1500. The van der Waals surface area contributed by atoms with Crippen LogP contribution in [0.25, 0.3) is 10.9 Å². The highest BCUT2D eigenvalue weighted by Gasteiger charge is 2.35. The van der Waals surface area contributed by atoms with Gasteiger partial charge in [0.15, 0.2) is 0 Å². The second kappa shape index (κ2) is 15.4. The third-order valence-corrected chi connectivity index (χ3v) is 8.97. The van der Waals surface area contributed by atoms with E-state index in [4.69, 9.17) is 9.72 Å². The van der Waals surface area contributed by atoms with E-state index in [2.05, 4.69) is 33.1 Å². The molecule has 2 heterocycles. The number of pyridine rings is 1. The molecule has 244 valence electrons. The first-order valence-corrected chi connectivity index (χ1v) is 16.3. The minimum Gasteiger partial charge on any atom is -0.431 e. The second-order valence-electron chi connectivity index (χ2n) is 11.7. The van der Waals surface area contributed by atoms with Gasteiger partial charge >= 0.3 is 12.1 Å². The molecule has 0 bridgehead atoms. The van der Waals surface area contributed by atoms with Crippen molar-refractivity contribution < 1.29 is 31.9 Å². The van der Waals surface area contributed by atoms with Gasteiger partial charge in [-0.3, -0.25) is 9.59 Å². The van der Waals surface area contributed by atoms with Gasteiger partial charge in [-0.25, -0.2) is 9.37 Å². The van der Waals surface area contributed by atoms with Crippen molar-refractivity contribution in [2.75, 3.05) is 24.5 Å². The maximum absolute atomic E-state index is 14.0. The number of halogens is 5. The summed E-state index contributed by atoms with van der Waals surface area (Å²) in [5.74, 6) is -0.937. The summed E-state index contributed by atoms with van der Waals surface area (Å²) in [6.07, 6.45) is -3.09. The number of nitrogens with one attached hydrogen (secondary N) is 1. The molecule has 0 radical (unpaired) electrons. The lowest BCUT2D eigenvalue weighted by atomic mass is 9.89. The highest BCUT2D eigenvalue weighted by Crippen LogP contribution is 2.37. The van der Waals surface area contributed by atoms with Crippen LogP contribution in [0.3, 0.4) is 0 Å². The zero-order chi connectivity index (χ0) is 32.7. The fourth-order valence-corrected chi connectivity index (χ4v) is 6.43. The number of esters is 1. The van der Waals surface area contributed by atoms with Crippen molar-refractivity contribution in [1.82, 2.24) is 10.3 Å². The van der Waals surface area contributed by atoms with E-state index in [9.17, 15) is 27.2 Å². The molecule has 0 aliphatic carbocycles. The van der Waals surface area contributed by atoms with E-state index in [0.29, 0.717) is 34.4 Å². The van der Waals surface area contributed by atoms with Gasteiger partial charge in [-0.1, -0.05) is 54.4 Å². The molecule has 3 aromatic rings. The average molecular weight is 695 g/mol. The molecule has 1 aliphatic heterocycles. The van der Waals surface area contributed by atoms with Gasteiger partial charge in [-0.2, -0.15) is 13.2 Å². The highest BCUT2D eigenvalue weighted by molar-refractivity contribution is 9.10. The summed E-state index contributed by atoms with van der Waals surface area (Å²) < 4.78 is 61.5. The molecular weight excluding hydrogens is 654 g/mol. The topological polar surface area (TPSA) is 71.5 Å². The number of amides is 1. The highest BCUT2D eigenvalue weighted by atomic mass is 79.9. The van der Waals surface area contributed by atoms with E-state index in [1.807, 2.05) is 25.1 Å². The van der Waals surface area contributed by atoms with Crippen LogP contribution in [0.1, 0.15) is 91.8 Å². The molecule has 1 N–H and O–H groups in total. The molecule has 1 amide bonds. The first-order valence-electron chi connectivity index (χ1n) is 15.6. The molecule has 6 nitrogen and oxygen atoms in total. The van der Waals surface area contributed by atoms with E-state index in [-0.39, 0.29) is 31.4 Å². The Labute approximate surface area is 270 Å². The van der Waals surface area contributed by atoms with E-state index in [0.717, 1.165) is 48.7 Å². The molecule has 45 heavy (non-hydrogen) atoms. The van der Waals surface area contributed by atoms with E-state index < -0.39 is 35.9 Å². The second-order valence-corrected chi connectivity index (χ2v) is 12.6. The quantitative estimate of drug-likeness (QED) is 0.152. The molecule has 3 unspecified atom stereocenters. The largest absolute Gasteiger partial charge is 0.431 e. The smallest absolute Gasteiger partial charge is 0.416 e. The molecule has 1 fully saturated rings. The van der Waals surface area contributed by atoms with Crippen molar-refractivity contribution in [3.8, 4) is 0 Å². The monoisotopic (exact) mass is 693 g/mol. The molecule has 0 saturated carbocycles. The number of carbonyl (C=O) groups is 2. The van der Waals surface area contributed by atoms with Crippen LogP contribution in [-0.4, -0.2) is 42.9 Å². The van der Waals surface area contributed by atoms with Crippen molar-refractivity contribution >= 4 is 44.5 Å². The number of rotatable bonds is 12. The van der Waals surface area contributed by atoms with Crippen LogP contribution in [0.15, 0.2) is 46.9 Å². The van der Waals surface area contributed by atoms with Gasteiger partial charge in [0.25, 0.3) is 5.91 Å². The number of piperidine rings is 1. The first-order chi connectivity index (χ1) is 21.4. The van der Waals surface area contributed by atoms with E-state index in [1.54, 1.807) is 6.92 Å². The summed E-state index contributed by atoms with van der Waals surface area (Å²) in [4.78, 5) is 33.5. The van der Waals surface area contributed by atoms with Crippen LogP contribution in [-0.2, 0) is 15.7 Å². The average Bonchev–Trinajstić information content (AvgIpc) is 3.00. The molecule has 11 heteroatoms. The van der Waals surface area contributed by atoms with Crippen LogP contribution in [0, 0.1) is 12.8 Å².